The fourth-order valence-corrected chi connectivity index (χ4v) is 2.07. The van der Waals surface area contributed by atoms with Crippen LogP contribution < -0.4 is 5.73 Å². The smallest absolute Gasteiger partial charge is 0.391 e. The largest absolute Gasteiger partial charge is 0.468 e. The Morgan fingerprint density at radius 3 is 2.44 bits per heavy atom. The van der Waals surface area contributed by atoms with Crippen LogP contribution in [0, 0.1) is 5.92 Å². The maximum absolute atomic E-state index is 12.4. The van der Waals surface area contributed by atoms with E-state index in [9.17, 15) is 18.0 Å². The maximum atomic E-state index is 12.4. The predicted octanol–water partition coefficient (Wildman–Crippen LogP) is 1.15. The molecule has 0 aromatic rings. The molecule has 0 aromatic carbocycles. The summed E-state index contributed by atoms with van der Waals surface area (Å²) in [5, 5.41) is 0. The highest BCUT2D eigenvalue weighted by Crippen LogP contribution is 2.33. The minimum atomic E-state index is -4.09. The molecule has 1 unspecified atom stereocenters. The Kier molecular flexibility index (Phi) is 5.40. The van der Waals surface area contributed by atoms with Gasteiger partial charge < -0.3 is 15.4 Å². The lowest BCUT2D eigenvalue weighted by atomic mass is 9.96. The van der Waals surface area contributed by atoms with Crippen molar-refractivity contribution in [3.05, 3.63) is 0 Å². The highest BCUT2D eigenvalue weighted by atomic mass is 19.4. The molecule has 106 valence electrons. The Hall–Kier alpha value is -0.820. The van der Waals surface area contributed by atoms with Crippen molar-refractivity contribution in [3.63, 3.8) is 0 Å². The van der Waals surface area contributed by atoms with Crippen LogP contribution in [0.1, 0.15) is 19.3 Å². The van der Waals surface area contributed by atoms with Crippen LogP contribution in [0.5, 0.6) is 0 Å². The van der Waals surface area contributed by atoms with Crippen LogP contribution in [-0.2, 0) is 9.53 Å². The standard InChI is InChI=1S/C11H19F3N2O2/c1-18-10(17)9(15)4-7-16-5-2-8(3-6-16)11(12,13)14/h8-9H,2-7,15H2,1H3. The first-order valence-corrected chi connectivity index (χ1v) is 5.97. The zero-order chi connectivity index (χ0) is 13.8. The number of piperidine rings is 1. The first-order chi connectivity index (χ1) is 8.34. The van der Waals surface area contributed by atoms with Crippen molar-refractivity contribution in [3.8, 4) is 0 Å². The molecule has 2 N–H and O–H groups in total. The first kappa shape index (κ1) is 15.2. The first-order valence-electron chi connectivity index (χ1n) is 5.97. The van der Waals surface area contributed by atoms with Crippen LogP contribution in [0.2, 0.25) is 0 Å². The molecule has 4 nitrogen and oxygen atoms in total. The zero-order valence-corrected chi connectivity index (χ0v) is 10.4. The van der Waals surface area contributed by atoms with E-state index >= 15 is 0 Å². The van der Waals surface area contributed by atoms with Gasteiger partial charge in [0.25, 0.3) is 0 Å². The van der Waals surface area contributed by atoms with Gasteiger partial charge in [0.1, 0.15) is 6.04 Å². The fraction of sp³-hybridized carbons (Fsp3) is 0.909. The van der Waals surface area contributed by atoms with E-state index in [4.69, 9.17) is 5.73 Å². The quantitative estimate of drug-likeness (QED) is 0.777. The number of nitrogens with two attached hydrogens (primary N) is 1. The second-order valence-corrected chi connectivity index (χ2v) is 4.58. The van der Waals surface area contributed by atoms with E-state index < -0.39 is 24.1 Å². The van der Waals surface area contributed by atoms with Gasteiger partial charge in [-0.05, 0) is 32.4 Å². The Balaban J connectivity index is 2.26. The summed E-state index contributed by atoms with van der Waals surface area (Å²) >= 11 is 0. The molecule has 1 fully saturated rings. The molecular weight excluding hydrogens is 249 g/mol. The van der Waals surface area contributed by atoms with E-state index in [0.717, 1.165) is 0 Å². The molecule has 0 saturated carbocycles. The van der Waals surface area contributed by atoms with Gasteiger partial charge in [0.15, 0.2) is 0 Å². The average Bonchev–Trinajstić information content (AvgIpc) is 2.34. The average molecular weight is 268 g/mol. The number of carbonyl (C=O) groups excluding carboxylic acids is 1. The van der Waals surface area contributed by atoms with Gasteiger partial charge in [-0.3, -0.25) is 4.79 Å². The van der Waals surface area contributed by atoms with Gasteiger partial charge in [-0.1, -0.05) is 0 Å². The molecule has 0 aliphatic carbocycles. The van der Waals surface area contributed by atoms with Crippen molar-refractivity contribution >= 4 is 5.97 Å². The number of hydrogen-bond donors (Lipinski definition) is 1. The Bertz CT molecular complexity index is 276. The third kappa shape index (κ3) is 4.45. The number of halogens is 3. The molecule has 0 amide bonds. The number of esters is 1. The van der Waals surface area contributed by atoms with Crippen LogP contribution >= 0.6 is 0 Å². The van der Waals surface area contributed by atoms with Crippen LogP contribution in [0.25, 0.3) is 0 Å². The van der Waals surface area contributed by atoms with Crippen molar-refractivity contribution in [1.82, 2.24) is 4.90 Å². The Labute approximate surface area is 104 Å². The molecular formula is C11H19F3N2O2. The van der Waals surface area contributed by atoms with Crippen molar-refractivity contribution in [1.29, 1.82) is 0 Å². The molecule has 7 heteroatoms. The molecule has 1 saturated heterocycles. The van der Waals surface area contributed by atoms with Crippen LogP contribution in [-0.4, -0.2) is 49.8 Å². The van der Waals surface area contributed by atoms with Gasteiger partial charge in [-0.2, -0.15) is 13.2 Å². The van der Waals surface area contributed by atoms with E-state index in [1.54, 1.807) is 0 Å². The Morgan fingerprint density at radius 1 is 1.44 bits per heavy atom. The van der Waals surface area contributed by atoms with Crippen molar-refractivity contribution < 1.29 is 22.7 Å². The molecule has 1 heterocycles. The maximum Gasteiger partial charge on any atom is 0.391 e. The van der Waals surface area contributed by atoms with E-state index in [-0.39, 0.29) is 12.8 Å². The number of ether oxygens (including phenoxy) is 1. The molecule has 1 aliphatic rings. The van der Waals surface area contributed by atoms with Gasteiger partial charge in [0.2, 0.25) is 0 Å². The van der Waals surface area contributed by atoms with E-state index in [1.807, 2.05) is 4.90 Å². The number of rotatable bonds is 4. The Morgan fingerprint density at radius 2 is 2.00 bits per heavy atom. The number of likely N-dealkylation sites (tertiary alicyclic amines) is 1. The van der Waals surface area contributed by atoms with Gasteiger partial charge in [0.05, 0.1) is 13.0 Å². The summed E-state index contributed by atoms with van der Waals surface area (Å²) in [5.41, 5.74) is 5.56. The van der Waals surface area contributed by atoms with Crippen molar-refractivity contribution in [2.75, 3.05) is 26.7 Å². The second kappa shape index (κ2) is 6.38. The van der Waals surface area contributed by atoms with E-state index in [0.29, 0.717) is 26.1 Å². The number of nitrogens with zero attached hydrogens (tertiary/aromatic N) is 1. The summed E-state index contributed by atoms with van der Waals surface area (Å²) in [7, 11) is 1.26. The molecule has 0 aromatic heterocycles. The minimum Gasteiger partial charge on any atom is -0.468 e. The monoisotopic (exact) mass is 268 g/mol. The number of methoxy groups -OCH3 is 1. The van der Waals surface area contributed by atoms with Gasteiger partial charge in [-0.25, -0.2) is 0 Å². The SMILES string of the molecule is COC(=O)C(N)CCN1CCC(C(F)(F)F)CC1. The third-order valence-corrected chi connectivity index (χ3v) is 3.31. The molecule has 1 atom stereocenters. The van der Waals surface area contributed by atoms with E-state index in [1.165, 1.54) is 7.11 Å². The van der Waals surface area contributed by atoms with Gasteiger partial charge in [0, 0.05) is 6.54 Å². The highest BCUT2D eigenvalue weighted by Gasteiger charge is 2.40. The van der Waals surface area contributed by atoms with Crippen LogP contribution in [0.15, 0.2) is 0 Å². The minimum absolute atomic E-state index is 0.122. The third-order valence-electron chi connectivity index (χ3n) is 3.31. The predicted molar refractivity (Wildman–Crippen MR) is 59.8 cm³/mol. The summed E-state index contributed by atoms with van der Waals surface area (Å²) in [5.74, 6) is -1.68. The molecule has 0 spiro atoms. The van der Waals surface area contributed by atoms with E-state index in [2.05, 4.69) is 4.74 Å². The summed E-state index contributed by atoms with van der Waals surface area (Å²) in [4.78, 5) is 13.0. The summed E-state index contributed by atoms with van der Waals surface area (Å²) in [6.45, 7) is 1.33. The van der Waals surface area contributed by atoms with Crippen molar-refractivity contribution in [2.45, 2.75) is 31.5 Å². The normalized spacial score (nSPS) is 20.7. The molecule has 1 aliphatic heterocycles. The molecule has 1 rings (SSSR count). The van der Waals surface area contributed by atoms with Gasteiger partial charge >= 0.3 is 12.1 Å². The lowest BCUT2D eigenvalue weighted by Crippen LogP contribution is -2.42. The summed E-state index contributed by atoms with van der Waals surface area (Å²) in [6.07, 6.45) is -3.44. The lowest BCUT2D eigenvalue weighted by Gasteiger charge is -2.33. The summed E-state index contributed by atoms with van der Waals surface area (Å²) in [6, 6.07) is -0.699. The molecule has 0 radical (unpaired) electrons. The summed E-state index contributed by atoms with van der Waals surface area (Å²) < 4.78 is 41.8. The number of carbonyl (C=O) groups is 1. The lowest BCUT2D eigenvalue weighted by molar-refractivity contribution is -0.185. The number of alkyl halides is 3. The second-order valence-electron chi connectivity index (χ2n) is 4.58. The zero-order valence-electron chi connectivity index (χ0n) is 10.4. The fourth-order valence-electron chi connectivity index (χ4n) is 2.07. The number of hydrogen-bond acceptors (Lipinski definition) is 4. The van der Waals surface area contributed by atoms with Crippen molar-refractivity contribution in [2.24, 2.45) is 11.7 Å². The van der Waals surface area contributed by atoms with Gasteiger partial charge in [-0.15, -0.1) is 0 Å². The highest BCUT2D eigenvalue weighted by molar-refractivity contribution is 5.75. The topological polar surface area (TPSA) is 55.6 Å². The molecule has 0 bridgehead atoms. The molecule has 18 heavy (non-hydrogen) atoms. The van der Waals surface area contributed by atoms with Crippen LogP contribution in [0.3, 0.4) is 0 Å². The van der Waals surface area contributed by atoms with Crippen LogP contribution in [0.4, 0.5) is 13.2 Å².